The van der Waals surface area contributed by atoms with E-state index in [1.165, 1.54) is 6.08 Å². The van der Waals surface area contributed by atoms with Crippen LogP contribution in [0.5, 0.6) is 23.0 Å². The minimum absolute atomic E-state index is 0.282. The van der Waals surface area contributed by atoms with Crippen molar-refractivity contribution in [1.82, 2.24) is 9.71 Å². The first-order valence-electron chi connectivity index (χ1n) is 9.22. The minimum atomic E-state index is -1.52. The number of hydrogen-bond acceptors (Lipinski definition) is 6. The van der Waals surface area contributed by atoms with Gasteiger partial charge in [0.1, 0.15) is 18.1 Å². The van der Waals surface area contributed by atoms with Crippen LogP contribution < -0.4 is 18.9 Å². The van der Waals surface area contributed by atoms with Gasteiger partial charge in [-0.05, 0) is 35.9 Å². The predicted octanol–water partition coefficient (Wildman–Crippen LogP) is 3.52. The number of pyridine rings is 1. The zero-order chi connectivity index (χ0) is 20.5. The second-order valence-corrected chi connectivity index (χ2v) is 7.83. The number of amides is 1. The minimum Gasteiger partial charge on any atom is -0.485 e. The Kier molecular flexibility index (Phi) is 4.68. The van der Waals surface area contributed by atoms with E-state index in [9.17, 15) is 9.00 Å². The van der Waals surface area contributed by atoms with Gasteiger partial charge in [-0.15, -0.1) is 0 Å². The molecule has 0 fully saturated rings. The normalized spacial score (nSPS) is 19.5. The van der Waals surface area contributed by atoms with Gasteiger partial charge in [-0.25, -0.2) is 4.21 Å². The second-order valence-electron chi connectivity index (χ2n) is 6.64. The number of ether oxygens (including phenoxy) is 3. The van der Waals surface area contributed by atoms with Crippen LogP contribution in [-0.4, -0.2) is 21.7 Å². The van der Waals surface area contributed by atoms with E-state index in [-0.39, 0.29) is 12.0 Å². The molecule has 0 bridgehead atoms. The smallest absolute Gasteiger partial charge is 0.257 e. The maximum Gasteiger partial charge on any atom is 0.257 e. The van der Waals surface area contributed by atoms with Gasteiger partial charge < -0.3 is 14.2 Å². The molecule has 0 radical (unpaired) electrons. The number of carbonyl (C=O) groups excluding carboxylic acids is 1. The average molecular weight is 420 g/mol. The molecule has 1 N–H and O–H groups in total. The molecule has 7 nitrogen and oxygen atoms in total. The van der Waals surface area contributed by atoms with Crippen molar-refractivity contribution in [3.8, 4) is 23.0 Å². The van der Waals surface area contributed by atoms with Crippen molar-refractivity contribution in [3.05, 3.63) is 84.2 Å². The number of aromatic nitrogens is 1. The molecular formula is C22H16N2O5S. The lowest BCUT2D eigenvalue weighted by atomic mass is 10.1. The van der Waals surface area contributed by atoms with Crippen LogP contribution in [0.2, 0.25) is 0 Å². The summed E-state index contributed by atoms with van der Waals surface area (Å²) in [6.45, 7) is 0.362. The summed E-state index contributed by atoms with van der Waals surface area (Å²) < 4.78 is 32.1. The van der Waals surface area contributed by atoms with Gasteiger partial charge in [0.05, 0.1) is 4.91 Å². The largest absolute Gasteiger partial charge is 0.485 e. The number of nitrogens with zero attached hydrogens (tertiary/aromatic N) is 1. The van der Waals surface area contributed by atoms with Crippen LogP contribution in [0.3, 0.4) is 0 Å². The summed E-state index contributed by atoms with van der Waals surface area (Å²) in [7, 11) is -1.52. The number of fused-ring (bicyclic) bond motifs is 1. The van der Waals surface area contributed by atoms with Crippen LogP contribution in [0.4, 0.5) is 0 Å². The van der Waals surface area contributed by atoms with Crippen LogP contribution >= 0.6 is 0 Å². The van der Waals surface area contributed by atoms with E-state index < -0.39 is 11.0 Å². The Hall–Kier alpha value is -3.65. The Labute approximate surface area is 174 Å². The van der Waals surface area contributed by atoms with Crippen molar-refractivity contribution in [2.24, 2.45) is 0 Å². The molecule has 5 rings (SSSR count). The molecule has 2 atom stereocenters. The molecule has 1 amide bonds. The first-order valence-corrected chi connectivity index (χ1v) is 10.4. The molecule has 1 unspecified atom stereocenters. The van der Waals surface area contributed by atoms with Crippen molar-refractivity contribution >= 4 is 21.8 Å². The monoisotopic (exact) mass is 420 g/mol. The third-order valence-corrected chi connectivity index (χ3v) is 5.82. The van der Waals surface area contributed by atoms with Gasteiger partial charge >= 0.3 is 0 Å². The highest BCUT2D eigenvalue weighted by atomic mass is 32.2. The highest BCUT2D eigenvalue weighted by Crippen LogP contribution is 2.43. The van der Waals surface area contributed by atoms with Crippen LogP contribution in [0, 0.1) is 0 Å². The lowest BCUT2D eigenvalue weighted by Crippen LogP contribution is -2.16. The number of carbonyl (C=O) groups is 1. The first-order chi connectivity index (χ1) is 14.7. The zero-order valence-electron chi connectivity index (χ0n) is 15.6. The molecule has 2 aromatic carbocycles. The molecule has 0 aliphatic carbocycles. The van der Waals surface area contributed by atoms with Gasteiger partial charge in [0.25, 0.3) is 5.91 Å². The third kappa shape index (κ3) is 3.53. The van der Waals surface area contributed by atoms with Gasteiger partial charge in [-0.1, -0.05) is 24.3 Å². The van der Waals surface area contributed by atoms with Crippen molar-refractivity contribution in [1.29, 1.82) is 0 Å². The van der Waals surface area contributed by atoms with Gasteiger partial charge in [-0.2, -0.15) is 0 Å². The Bertz CT molecular complexity index is 1160. The maximum absolute atomic E-state index is 11.9. The summed E-state index contributed by atoms with van der Waals surface area (Å²) >= 11 is 0. The summed E-state index contributed by atoms with van der Waals surface area (Å²) in [5.41, 5.74) is 1.61. The van der Waals surface area contributed by atoms with Crippen LogP contribution in [0.1, 0.15) is 17.2 Å². The SMILES string of the molecule is O=C1C=C(c2ccc(O[C@@H]3COc4c(Oc5ccncc5)cccc43)cc2)S(=O)N1. The maximum atomic E-state index is 11.9. The molecule has 0 saturated carbocycles. The van der Waals surface area contributed by atoms with Crippen molar-refractivity contribution in [2.75, 3.05) is 6.61 Å². The Balaban J connectivity index is 1.33. The quantitative estimate of drug-likeness (QED) is 0.680. The van der Waals surface area contributed by atoms with Gasteiger partial charge in [0.15, 0.2) is 28.6 Å². The lowest BCUT2D eigenvalue weighted by molar-refractivity contribution is -0.114. The fraction of sp³-hybridized carbons (Fsp3) is 0.0909. The summed E-state index contributed by atoms with van der Waals surface area (Å²) in [5.74, 6) is 2.24. The lowest BCUT2D eigenvalue weighted by Gasteiger charge is -2.13. The Morgan fingerprint density at radius 2 is 1.83 bits per heavy atom. The van der Waals surface area contributed by atoms with E-state index in [0.717, 1.165) is 5.56 Å². The molecule has 3 aromatic rings. The summed E-state index contributed by atoms with van der Waals surface area (Å²) in [6, 6.07) is 16.4. The van der Waals surface area contributed by atoms with Crippen molar-refractivity contribution < 1.29 is 23.2 Å². The highest BCUT2D eigenvalue weighted by Gasteiger charge is 2.29. The van der Waals surface area contributed by atoms with Crippen molar-refractivity contribution in [3.63, 3.8) is 0 Å². The second kappa shape index (κ2) is 7.64. The molecule has 0 saturated heterocycles. The van der Waals surface area contributed by atoms with E-state index >= 15 is 0 Å². The van der Waals surface area contributed by atoms with Crippen molar-refractivity contribution in [2.45, 2.75) is 6.10 Å². The molecular weight excluding hydrogens is 404 g/mol. The van der Waals surface area contributed by atoms with Crippen LogP contribution in [0.15, 0.2) is 73.1 Å². The molecule has 3 heterocycles. The number of benzene rings is 2. The molecule has 2 aliphatic heterocycles. The predicted molar refractivity (Wildman–Crippen MR) is 110 cm³/mol. The molecule has 30 heavy (non-hydrogen) atoms. The molecule has 8 heteroatoms. The van der Waals surface area contributed by atoms with Gasteiger partial charge in [0.2, 0.25) is 0 Å². The van der Waals surface area contributed by atoms with Crippen LogP contribution in [0.25, 0.3) is 4.91 Å². The van der Waals surface area contributed by atoms with E-state index in [0.29, 0.717) is 40.1 Å². The molecule has 0 spiro atoms. The number of hydrogen-bond donors (Lipinski definition) is 1. The molecule has 150 valence electrons. The summed E-state index contributed by atoms with van der Waals surface area (Å²) in [6.07, 6.45) is 4.39. The summed E-state index contributed by atoms with van der Waals surface area (Å²) in [5, 5.41) is 0. The number of rotatable bonds is 5. The van der Waals surface area contributed by atoms with Gasteiger partial charge in [-0.3, -0.25) is 14.5 Å². The summed E-state index contributed by atoms with van der Waals surface area (Å²) in [4.78, 5) is 15.8. The molecule has 2 aliphatic rings. The Morgan fingerprint density at radius 1 is 1.03 bits per heavy atom. The standard InChI is InChI=1S/C22H16N2O5S/c25-21-12-20(30(26)24-21)14-4-6-15(7-5-14)29-19-13-27-22-17(19)2-1-3-18(22)28-16-8-10-23-11-9-16/h1-12,19H,13H2,(H,24,25)/t19-,30?/m1/s1. The number of para-hydroxylation sites is 1. The van der Waals surface area contributed by atoms with E-state index in [2.05, 4.69) is 9.71 Å². The van der Waals surface area contributed by atoms with E-state index in [4.69, 9.17) is 14.2 Å². The number of nitrogens with one attached hydrogen (secondary N) is 1. The fourth-order valence-electron chi connectivity index (χ4n) is 3.30. The van der Waals surface area contributed by atoms with E-state index in [1.54, 1.807) is 48.8 Å². The average Bonchev–Trinajstić information content (AvgIpc) is 3.32. The van der Waals surface area contributed by atoms with E-state index in [1.807, 2.05) is 18.2 Å². The molecule has 1 aromatic heterocycles. The zero-order valence-corrected chi connectivity index (χ0v) is 16.4. The first kappa shape index (κ1) is 18.4. The van der Waals surface area contributed by atoms with Crippen LogP contribution in [-0.2, 0) is 15.8 Å². The third-order valence-electron chi connectivity index (χ3n) is 4.69. The topological polar surface area (TPSA) is 86.8 Å². The fourth-order valence-corrected chi connectivity index (χ4v) is 4.22. The Morgan fingerprint density at radius 3 is 2.57 bits per heavy atom. The highest BCUT2D eigenvalue weighted by molar-refractivity contribution is 7.93. The van der Waals surface area contributed by atoms with Gasteiger partial charge in [0, 0.05) is 24.0 Å².